The first kappa shape index (κ1) is 13.6. The van der Waals surface area contributed by atoms with E-state index in [2.05, 4.69) is 4.98 Å². The molecule has 0 spiro atoms. The number of benzene rings is 1. The molecule has 3 aromatic heterocycles. The number of ether oxygens (including phenoxy) is 1. The lowest BCUT2D eigenvalue weighted by molar-refractivity contribution is 0.419. The third kappa shape index (κ3) is 2.17. The first-order valence-corrected chi connectivity index (χ1v) is 7.31. The van der Waals surface area contributed by atoms with Crippen LogP contribution in [0.2, 0.25) is 0 Å². The van der Waals surface area contributed by atoms with Crippen molar-refractivity contribution in [2.75, 3.05) is 7.11 Å². The van der Waals surface area contributed by atoms with Gasteiger partial charge < -0.3 is 14.1 Å². The van der Waals surface area contributed by atoms with Crippen LogP contribution in [0.5, 0.6) is 5.75 Å². The van der Waals surface area contributed by atoms with Crippen molar-refractivity contribution in [1.82, 2.24) is 14.4 Å². The van der Waals surface area contributed by atoms with Crippen LogP contribution in [0, 0.1) is 6.92 Å². The molecule has 0 aliphatic rings. The van der Waals surface area contributed by atoms with E-state index in [1.807, 2.05) is 48.0 Å². The molecular weight excluding hydrogens is 290 g/mol. The monoisotopic (exact) mass is 305 g/mol. The number of nitrogens with one attached hydrogen (secondary N) is 1. The van der Waals surface area contributed by atoms with Crippen LogP contribution in [0.4, 0.5) is 0 Å². The molecule has 114 valence electrons. The Balaban J connectivity index is 2.02. The highest BCUT2D eigenvalue weighted by molar-refractivity contribution is 5.97. The number of nitrogens with zero attached hydrogens (tertiary/aromatic N) is 2. The van der Waals surface area contributed by atoms with Gasteiger partial charge in [-0.2, -0.15) is 0 Å². The second-order valence-corrected chi connectivity index (χ2v) is 5.52. The highest BCUT2D eigenvalue weighted by Gasteiger charge is 2.12. The Morgan fingerprint density at radius 1 is 1.17 bits per heavy atom. The Hall–Kier alpha value is -3.08. The molecule has 23 heavy (non-hydrogen) atoms. The molecule has 0 bridgehead atoms. The molecule has 0 saturated heterocycles. The summed E-state index contributed by atoms with van der Waals surface area (Å²) < 4.78 is 7.34. The van der Waals surface area contributed by atoms with Crippen LogP contribution >= 0.6 is 0 Å². The van der Waals surface area contributed by atoms with Gasteiger partial charge in [-0.1, -0.05) is 0 Å². The summed E-state index contributed by atoms with van der Waals surface area (Å²) in [4.78, 5) is 19.2. The van der Waals surface area contributed by atoms with Gasteiger partial charge in [0, 0.05) is 29.4 Å². The molecule has 4 rings (SSSR count). The molecule has 0 aliphatic carbocycles. The van der Waals surface area contributed by atoms with Gasteiger partial charge in [0.25, 0.3) is 0 Å². The van der Waals surface area contributed by atoms with Crippen molar-refractivity contribution in [2.24, 2.45) is 0 Å². The molecular formula is C18H15N3O2. The molecule has 4 aromatic rings. The third-order valence-electron chi connectivity index (χ3n) is 3.97. The first-order chi connectivity index (χ1) is 11.2. The molecule has 0 fully saturated rings. The van der Waals surface area contributed by atoms with Gasteiger partial charge in [0.1, 0.15) is 11.4 Å². The van der Waals surface area contributed by atoms with Crippen LogP contribution in [-0.2, 0) is 0 Å². The highest BCUT2D eigenvalue weighted by Crippen LogP contribution is 2.32. The maximum absolute atomic E-state index is 11.6. The zero-order valence-corrected chi connectivity index (χ0v) is 12.8. The number of hydrogen-bond donors (Lipinski definition) is 1. The van der Waals surface area contributed by atoms with Crippen molar-refractivity contribution in [3.05, 3.63) is 64.7 Å². The molecule has 3 heterocycles. The Bertz CT molecular complexity index is 1090. The standard InChI is InChI=1S/C18H15N3O2/c1-11-7-8-21-10-14(19-16(21)9-11)12-3-5-15(23-2)18-13(12)4-6-17(22)20-18/h3-10H,1-2H3,(H,20,22). The predicted molar refractivity (Wildman–Crippen MR) is 90.0 cm³/mol. The number of aromatic amines is 1. The average Bonchev–Trinajstić information content (AvgIpc) is 2.96. The lowest BCUT2D eigenvalue weighted by atomic mass is 10.1. The van der Waals surface area contributed by atoms with Crippen LogP contribution in [-0.4, -0.2) is 21.5 Å². The molecule has 0 radical (unpaired) electrons. The Kier molecular flexibility index (Phi) is 2.94. The van der Waals surface area contributed by atoms with Gasteiger partial charge in [-0.3, -0.25) is 4.79 Å². The largest absolute Gasteiger partial charge is 0.495 e. The number of hydrogen-bond acceptors (Lipinski definition) is 3. The number of methoxy groups -OCH3 is 1. The van der Waals surface area contributed by atoms with Gasteiger partial charge in [-0.15, -0.1) is 0 Å². The second kappa shape index (κ2) is 4.98. The minimum Gasteiger partial charge on any atom is -0.495 e. The van der Waals surface area contributed by atoms with E-state index in [9.17, 15) is 4.79 Å². The van der Waals surface area contributed by atoms with E-state index in [1.165, 1.54) is 11.6 Å². The smallest absolute Gasteiger partial charge is 0.248 e. The summed E-state index contributed by atoms with van der Waals surface area (Å²) in [7, 11) is 1.59. The number of imidazole rings is 1. The number of fused-ring (bicyclic) bond motifs is 2. The topological polar surface area (TPSA) is 59.4 Å². The fourth-order valence-electron chi connectivity index (χ4n) is 2.83. The van der Waals surface area contributed by atoms with Crippen LogP contribution in [0.15, 0.2) is 53.6 Å². The zero-order valence-electron chi connectivity index (χ0n) is 12.8. The predicted octanol–water partition coefficient (Wildman–Crippen LogP) is 3.16. The maximum atomic E-state index is 11.6. The Labute approximate surface area is 132 Å². The van der Waals surface area contributed by atoms with Gasteiger partial charge in [0.15, 0.2) is 0 Å². The second-order valence-electron chi connectivity index (χ2n) is 5.52. The Morgan fingerprint density at radius 3 is 2.87 bits per heavy atom. The first-order valence-electron chi connectivity index (χ1n) is 7.31. The molecule has 0 aliphatic heterocycles. The zero-order chi connectivity index (χ0) is 16.0. The van der Waals surface area contributed by atoms with E-state index >= 15 is 0 Å². The summed E-state index contributed by atoms with van der Waals surface area (Å²) in [6.45, 7) is 2.04. The van der Waals surface area contributed by atoms with Gasteiger partial charge >= 0.3 is 0 Å². The van der Waals surface area contributed by atoms with Crippen LogP contribution in [0.25, 0.3) is 27.8 Å². The minimum absolute atomic E-state index is 0.154. The Morgan fingerprint density at radius 2 is 2.04 bits per heavy atom. The van der Waals surface area contributed by atoms with Crippen LogP contribution < -0.4 is 10.3 Å². The summed E-state index contributed by atoms with van der Waals surface area (Å²) in [5.41, 5.74) is 4.41. The average molecular weight is 305 g/mol. The lowest BCUT2D eigenvalue weighted by Crippen LogP contribution is -2.04. The molecule has 1 aromatic carbocycles. The molecule has 5 heteroatoms. The summed E-state index contributed by atoms with van der Waals surface area (Å²) in [5.74, 6) is 0.640. The van der Waals surface area contributed by atoms with Gasteiger partial charge in [-0.25, -0.2) is 4.98 Å². The number of aromatic nitrogens is 3. The molecule has 0 atom stereocenters. The van der Waals surface area contributed by atoms with Crippen molar-refractivity contribution in [3.8, 4) is 17.0 Å². The van der Waals surface area contributed by atoms with Crippen molar-refractivity contribution in [3.63, 3.8) is 0 Å². The minimum atomic E-state index is -0.154. The fraction of sp³-hybridized carbons (Fsp3) is 0.111. The fourth-order valence-corrected chi connectivity index (χ4v) is 2.83. The third-order valence-corrected chi connectivity index (χ3v) is 3.97. The molecule has 0 amide bonds. The number of rotatable bonds is 2. The van der Waals surface area contributed by atoms with Crippen molar-refractivity contribution < 1.29 is 4.74 Å². The van der Waals surface area contributed by atoms with Gasteiger partial charge in [0.05, 0.1) is 18.3 Å². The van der Waals surface area contributed by atoms with Crippen molar-refractivity contribution >= 4 is 16.6 Å². The SMILES string of the molecule is COc1ccc(-c2cn3ccc(C)cc3n2)c2ccc(=O)[nH]c12. The quantitative estimate of drug-likeness (QED) is 0.619. The molecule has 0 unspecified atom stereocenters. The van der Waals surface area contributed by atoms with E-state index in [-0.39, 0.29) is 5.56 Å². The number of pyridine rings is 2. The van der Waals surface area contributed by atoms with E-state index in [0.717, 1.165) is 22.3 Å². The molecule has 1 N–H and O–H groups in total. The summed E-state index contributed by atoms with van der Waals surface area (Å²) >= 11 is 0. The summed E-state index contributed by atoms with van der Waals surface area (Å²) in [6, 6.07) is 11.2. The van der Waals surface area contributed by atoms with Crippen molar-refractivity contribution in [1.29, 1.82) is 0 Å². The summed E-state index contributed by atoms with van der Waals surface area (Å²) in [5, 5.41) is 0.907. The maximum Gasteiger partial charge on any atom is 0.248 e. The van der Waals surface area contributed by atoms with Crippen LogP contribution in [0.1, 0.15) is 5.56 Å². The van der Waals surface area contributed by atoms with Gasteiger partial charge in [0.2, 0.25) is 5.56 Å². The van der Waals surface area contributed by atoms with E-state index in [4.69, 9.17) is 9.72 Å². The normalized spacial score (nSPS) is 11.2. The van der Waals surface area contributed by atoms with E-state index in [1.54, 1.807) is 13.2 Å². The van der Waals surface area contributed by atoms with Crippen LogP contribution in [0.3, 0.4) is 0 Å². The van der Waals surface area contributed by atoms with E-state index < -0.39 is 0 Å². The highest BCUT2D eigenvalue weighted by atomic mass is 16.5. The van der Waals surface area contributed by atoms with Crippen molar-refractivity contribution in [2.45, 2.75) is 6.92 Å². The van der Waals surface area contributed by atoms with E-state index in [0.29, 0.717) is 11.3 Å². The molecule has 5 nitrogen and oxygen atoms in total. The lowest BCUT2D eigenvalue weighted by Gasteiger charge is -2.08. The molecule has 0 saturated carbocycles. The number of H-pyrrole nitrogens is 1. The number of aryl methyl sites for hydroxylation is 1. The van der Waals surface area contributed by atoms with Gasteiger partial charge in [-0.05, 0) is 42.8 Å². The summed E-state index contributed by atoms with van der Waals surface area (Å²) in [6.07, 6.45) is 3.98.